The smallest absolute Gasteiger partial charge is 0.244 e. The molecule has 1 fully saturated rings. The first kappa shape index (κ1) is 14.6. The summed E-state index contributed by atoms with van der Waals surface area (Å²) in [5, 5.41) is 0.379. The van der Waals surface area contributed by atoms with E-state index in [0.29, 0.717) is 10.8 Å². The number of benzene rings is 1. The van der Waals surface area contributed by atoms with Crippen molar-refractivity contribution in [2.24, 2.45) is 0 Å². The lowest BCUT2D eigenvalue weighted by atomic mass is 9.96. The molecule has 0 saturated heterocycles. The molecule has 6 heteroatoms. The van der Waals surface area contributed by atoms with Gasteiger partial charge in [-0.15, -0.1) is 0 Å². The van der Waals surface area contributed by atoms with E-state index < -0.39 is 10.0 Å². The predicted molar refractivity (Wildman–Crippen MR) is 75.2 cm³/mol. The SMILES string of the molecule is COc1ccc(Cl)cc1S(=O)(=O)NC1CCCCC1. The van der Waals surface area contributed by atoms with Crippen molar-refractivity contribution in [3.63, 3.8) is 0 Å². The molecular weight excluding hydrogens is 286 g/mol. The van der Waals surface area contributed by atoms with Gasteiger partial charge in [0.1, 0.15) is 10.6 Å². The van der Waals surface area contributed by atoms with Crippen LogP contribution in [0.4, 0.5) is 0 Å². The zero-order chi connectivity index (χ0) is 13.9. The molecule has 2 rings (SSSR count). The summed E-state index contributed by atoms with van der Waals surface area (Å²) in [5.41, 5.74) is 0. The van der Waals surface area contributed by atoms with E-state index in [4.69, 9.17) is 16.3 Å². The Hall–Kier alpha value is -0.780. The first-order chi connectivity index (χ1) is 9.03. The molecule has 0 aliphatic heterocycles. The lowest BCUT2D eigenvalue weighted by Crippen LogP contribution is -2.36. The lowest BCUT2D eigenvalue weighted by molar-refractivity contribution is 0.397. The highest BCUT2D eigenvalue weighted by Gasteiger charge is 2.24. The Balaban J connectivity index is 2.25. The molecule has 1 aliphatic carbocycles. The van der Waals surface area contributed by atoms with Crippen LogP contribution in [0.5, 0.6) is 5.75 Å². The van der Waals surface area contributed by atoms with Gasteiger partial charge in [-0.25, -0.2) is 13.1 Å². The molecule has 0 aromatic heterocycles. The van der Waals surface area contributed by atoms with E-state index in [2.05, 4.69) is 4.72 Å². The summed E-state index contributed by atoms with van der Waals surface area (Å²) in [7, 11) is -2.14. The van der Waals surface area contributed by atoms with Crippen LogP contribution < -0.4 is 9.46 Å². The Morgan fingerprint density at radius 3 is 2.58 bits per heavy atom. The molecule has 0 atom stereocenters. The number of hydrogen-bond donors (Lipinski definition) is 1. The van der Waals surface area contributed by atoms with Crippen LogP contribution in [0.15, 0.2) is 23.1 Å². The summed E-state index contributed by atoms with van der Waals surface area (Å²) < 4.78 is 32.6. The van der Waals surface area contributed by atoms with Crippen molar-refractivity contribution in [3.8, 4) is 5.75 Å². The van der Waals surface area contributed by atoms with Gasteiger partial charge in [0.2, 0.25) is 10.0 Å². The van der Waals surface area contributed by atoms with Crippen LogP contribution in [0.2, 0.25) is 5.02 Å². The summed E-state index contributed by atoms with van der Waals surface area (Å²) >= 11 is 5.87. The minimum absolute atomic E-state index is 0.0161. The third kappa shape index (κ3) is 3.61. The van der Waals surface area contributed by atoms with Crippen LogP contribution in [-0.2, 0) is 10.0 Å². The largest absolute Gasteiger partial charge is 0.495 e. The molecule has 1 N–H and O–H groups in total. The van der Waals surface area contributed by atoms with E-state index in [1.165, 1.54) is 19.6 Å². The van der Waals surface area contributed by atoms with E-state index in [9.17, 15) is 8.42 Å². The van der Waals surface area contributed by atoms with Crippen LogP contribution in [0, 0.1) is 0 Å². The van der Waals surface area contributed by atoms with Crippen molar-refractivity contribution in [3.05, 3.63) is 23.2 Å². The fourth-order valence-electron chi connectivity index (χ4n) is 2.36. The molecule has 0 radical (unpaired) electrons. The maximum atomic E-state index is 12.4. The third-order valence-electron chi connectivity index (χ3n) is 3.34. The van der Waals surface area contributed by atoms with Crippen molar-refractivity contribution in [1.29, 1.82) is 0 Å². The molecule has 1 aromatic carbocycles. The van der Waals surface area contributed by atoms with E-state index >= 15 is 0 Å². The fraction of sp³-hybridized carbons (Fsp3) is 0.538. The average Bonchev–Trinajstić information content (AvgIpc) is 2.39. The van der Waals surface area contributed by atoms with Crippen LogP contribution in [0.1, 0.15) is 32.1 Å². The van der Waals surface area contributed by atoms with Crippen LogP contribution >= 0.6 is 11.6 Å². The van der Waals surface area contributed by atoms with Gasteiger partial charge >= 0.3 is 0 Å². The molecule has 1 saturated carbocycles. The van der Waals surface area contributed by atoms with Gasteiger partial charge in [0.15, 0.2) is 0 Å². The molecule has 0 spiro atoms. The van der Waals surface area contributed by atoms with Gasteiger partial charge in [0, 0.05) is 11.1 Å². The van der Waals surface area contributed by atoms with Crippen LogP contribution in [-0.4, -0.2) is 21.6 Å². The zero-order valence-corrected chi connectivity index (χ0v) is 12.4. The van der Waals surface area contributed by atoms with Gasteiger partial charge in [-0.1, -0.05) is 30.9 Å². The highest BCUT2D eigenvalue weighted by molar-refractivity contribution is 7.89. The maximum absolute atomic E-state index is 12.4. The predicted octanol–water partition coefficient (Wildman–Crippen LogP) is 2.96. The number of methoxy groups -OCH3 is 1. The summed E-state index contributed by atoms with van der Waals surface area (Å²) in [5.74, 6) is 0.313. The number of halogens is 1. The van der Waals surface area contributed by atoms with E-state index in [0.717, 1.165) is 25.7 Å². The quantitative estimate of drug-likeness (QED) is 0.930. The van der Waals surface area contributed by atoms with Crippen molar-refractivity contribution in [2.75, 3.05) is 7.11 Å². The monoisotopic (exact) mass is 303 g/mol. The molecule has 4 nitrogen and oxygen atoms in total. The summed E-state index contributed by atoms with van der Waals surface area (Å²) in [6.07, 6.45) is 5.10. The Kier molecular flexibility index (Phi) is 4.71. The number of nitrogens with one attached hydrogen (secondary N) is 1. The molecule has 106 valence electrons. The Bertz CT molecular complexity index is 539. The van der Waals surface area contributed by atoms with Gasteiger partial charge in [0.05, 0.1) is 7.11 Å². The first-order valence-electron chi connectivity index (χ1n) is 6.39. The topological polar surface area (TPSA) is 55.4 Å². The third-order valence-corrected chi connectivity index (χ3v) is 5.12. The molecule has 1 aromatic rings. The maximum Gasteiger partial charge on any atom is 0.244 e. The number of ether oxygens (including phenoxy) is 1. The number of rotatable bonds is 4. The molecule has 1 aliphatic rings. The average molecular weight is 304 g/mol. The standard InChI is InChI=1S/C13H18ClNO3S/c1-18-12-8-7-10(14)9-13(12)19(16,17)15-11-5-3-2-4-6-11/h7-9,11,15H,2-6H2,1H3. The van der Waals surface area contributed by atoms with Gasteiger partial charge < -0.3 is 4.74 Å². The van der Waals surface area contributed by atoms with Crippen LogP contribution in [0.3, 0.4) is 0 Å². The molecule has 19 heavy (non-hydrogen) atoms. The summed E-state index contributed by atoms with van der Waals surface area (Å²) in [6, 6.07) is 4.62. The Morgan fingerprint density at radius 1 is 1.26 bits per heavy atom. The van der Waals surface area contributed by atoms with Crippen molar-refractivity contribution in [1.82, 2.24) is 4.72 Å². The summed E-state index contributed by atoms with van der Waals surface area (Å²) in [4.78, 5) is 0.105. The second kappa shape index (κ2) is 6.11. The minimum Gasteiger partial charge on any atom is -0.495 e. The highest BCUT2D eigenvalue weighted by Crippen LogP contribution is 2.28. The highest BCUT2D eigenvalue weighted by atomic mass is 35.5. The second-order valence-electron chi connectivity index (χ2n) is 4.75. The molecule has 0 unspecified atom stereocenters. The Morgan fingerprint density at radius 2 is 1.95 bits per heavy atom. The normalized spacial score (nSPS) is 17.4. The lowest BCUT2D eigenvalue weighted by Gasteiger charge is -2.23. The number of hydrogen-bond acceptors (Lipinski definition) is 3. The van der Waals surface area contributed by atoms with Crippen LogP contribution in [0.25, 0.3) is 0 Å². The molecular formula is C13H18ClNO3S. The molecule has 0 bridgehead atoms. The molecule has 0 amide bonds. The van der Waals surface area contributed by atoms with Gasteiger partial charge in [-0.05, 0) is 31.0 Å². The van der Waals surface area contributed by atoms with E-state index in [1.807, 2.05) is 0 Å². The first-order valence-corrected chi connectivity index (χ1v) is 8.25. The fourth-order valence-corrected chi connectivity index (χ4v) is 4.10. The summed E-state index contributed by atoms with van der Waals surface area (Å²) in [6.45, 7) is 0. The molecule has 0 heterocycles. The van der Waals surface area contributed by atoms with Crippen molar-refractivity contribution >= 4 is 21.6 Å². The van der Waals surface area contributed by atoms with E-state index in [1.54, 1.807) is 12.1 Å². The second-order valence-corrected chi connectivity index (χ2v) is 6.87. The number of sulfonamides is 1. The van der Waals surface area contributed by atoms with Gasteiger partial charge in [-0.3, -0.25) is 0 Å². The van der Waals surface area contributed by atoms with Gasteiger partial charge in [-0.2, -0.15) is 0 Å². The van der Waals surface area contributed by atoms with Gasteiger partial charge in [0.25, 0.3) is 0 Å². The van der Waals surface area contributed by atoms with E-state index in [-0.39, 0.29) is 10.9 Å². The zero-order valence-electron chi connectivity index (χ0n) is 10.9. The van der Waals surface area contributed by atoms with Crippen molar-refractivity contribution in [2.45, 2.75) is 43.0 Å². The Labute approximate surface area is 119 Å². The van der Waals surface area contributed by atoms with Crippen molar-refractivity contribution < 1.29 is 13.2 Å². The minimum atomic E-state index is -3.58.